The van der Waals surface area contributed by atoms with E-state index in [2.05, 4.69) is 14.7 Å². The van der Waals surface area contributed by atoms with Gasteiger partial charge in [-0.05, 0) is 6.92 Å². The van der Waals surface area contributed by atoms with Gasteiger partial charge < -0.3 is 14.6 Å². The molecule has 1 N–H and O–H groups in total. The number of alkyl halides is 3. The third-order valence-electron chi connectivity index (χ3n) is 2.88. The summed E-state index contributed by atoms with van der Waals surface area (Å²) in [6.45, 7) is 0.672. The van der Waals surface area contributed by atoms with Gasteiger partial charge in [-0.15, -0.1) is 0 Å². The van der Waals surface area contributed by atoms with Crippen molar-refractivity contribution < 1.29 is 22.7 Å². The normalized spacial score (nSPS) is 20.0. The molecule has 9 heteroatoms. The van der Waals surface area contributed by atoms with Gasteiger partial charge in [0.1, 0.15) is 11.4 Å². The number of morpholine rings is 1. The zero-order valence-electron chi connectivity index (χ0n) is 10.5. The second-order valence-corrected chi connectivity index (χ2v) is 4.36. The topological polar surface area (TPSA) is 75.3 Å². The molecule has 1 aromatic rings. The van der Waals surface area contributed by atoms with E-state index in [0.717, 1.165) is 11.1 Å². The SMILES string of the molecule is Cc1ncc(C(=O)N2CCO[C@H](C(F)(F)F)C2)c(=O)[nH]1. The van der Waals surface area contributed by atoms with Crippen molar-refractivity contribution in [3.8, 4) is 0 Å². The highest BCUT2D eigenvalue weighted by Gasteiger charge is 2.44. The summed E-state index contributed by atoms with van der Waals surface area (Å²) in [6.07, 6.45) is -5.51. The number of amides is 1. The van der Waals surface area contributed by atoms with E-state index in [1.807, 2.05) is 0 Å². The van der Waals surface area contributed by atoms with Gasteiger partial charge in [-0.3, -0.25) is 9.59 Å². The van der Waals surface area contributed by atoms with E-state index in [0.29, 0.717) is 5.82 Å². The Balaban J connectivity index is 2.19. The molecule has 0 unspecified atom stereocenters. The fraction of sp³-hybridized carbons (Fsp3) is 0.545. The maximum absolute atomic E-state index is 12.6. The molecule has 1 aliphatic heterocycles. The summed E-state index contributed by atoms with van der Waals surface area (Å²) in [5.74, 6) is -0.460. The van der Waals surface area contributed by atoms with Gasteiger partial charge >= 0.3 is 6.18 Å². The van der Waals surface area contributed by atoms with Crippen LogP contribution in [0.5, 0.6) is 0 Å². The molecule has 0 aliphatic carbocycles. The number of nitrogens with one attached hydrogen (secondary N) is 1. The Labute approximate surface area is 111 Å². The lowest BCUT2D eigenvalue weighted by molar-refractivity contribution is -0.233. The summed E-state index contributed by atoms with van der Waals surface area (Å²) in [7, 11) is 0. The highest BCUT2D eigenvalue weighted by atomic mass is 19.4. The van der Waals surface area contributed by atoms with E-state index in [-0.39, 0.29) is 18.7 Å². The van der Waals surface area contributed by atoms with Crippen LogP contribution in [0.2, 0.25) is 0 Å². The summed E-state index contributed by atoms with van der Waals surface area (Å²) < 4.78 is 42.3. The van der Waals surface area contributed by atoms with Crippen molar-refractivity contribution in [2.75, 3.05) is 19.7 Å². The third-order valence-corrected chi connectivity index (χ3v) is 2.88. The molecule has 0 saturated carbocycles. The van der Waals surface area contributed by atoms with Gasteiger partial charge in [0.25, 0.3) is 11.5 Å². The summed E-state index contributed by atoms with van der Waals surface area (Å²) in [4.78, 5) is 30.7. The minimum absolute atomic E-state index is 0.00126. The zero-order valence-corrected chi connectivity index (χ0v) is 10.5. The minimum Gasteiger partial charge on any atom is -0.365 e. The molecule has 110 valence electrons. The third kappa shape index (κ3) is 2.98. The van der Waals surface area contributed by atoms with Crippen molar-refractivity contribution in [1.82, 2.24) is 14.9 Å². The first-order chi connectivity index (χ1) is 9.29. The highest BCUT2D eigenvalue weighted by molar-refractivity contribution is 5.93. The molecule has 1 atom stereocenters. The maximum atomic E-state index is 12.6. The molecule has 1 aliphatic rings. The first-order valence-electron chi connectivity index (χ1n) is 5.82. The van der Waals surface area contributed by atoms with Gasteiger partial charge in [-0.25, -0.2) is 4.98 Å². The fourth-order valence-corrected chi connectivity index (χ4v) is 1.84. The molecule has 0 spiro atoms. The average molecular weight is 291 g/mol. The number of rotatable bonds is 1. The fourth-order valence-electron chi connectivity index (χ4n) is 1.84. The molecule has 2 heterocycles. The van der Waals surface area contributed by atoms with Gasteiger partial charge in [-0.1, -0.05) is 0 Å². The first kappa shape index (κ1) is 14.5. The number of aryl methyl sites for hydroxylation is 1. The second kappa shape index (κ2) is 5.23. The van der Waals surface area contributed by atoms with E-state index in [1.165, 1.54) is 6.92 Å². The van der Waals surface area contributed by atoms with E-state index in [9.17, 15) is 22.8 Å². The van der Waals surface area contributed by atoms with Crippen molar-refractivity contribution in [3.63, 3.8) is 0 Å². The van der Waals surface area contributed by atoms with E-state index < -0.39 is 30.3 Å². The Bertz CT molecular complexity index is 570. The van der Waals surface area contributed by atoms with Crippen molar-refractivity contribution >= 4 is 5.91 Å². The Morgan fingerprint density at radius 3 is 2.85 bits per heavy atom. The van der Waals surface area contributed by atoms with E-state index in [1.54, 1.807) is 0 Å². The van der Waals surface area contributed by atoms with Crippen LogP contribution in [0.15, 0.2) is 11.0 Å². The van der Waals surface area contributed by atoms with Gasteiger partial charge in [-0.2, -0.15) is 13.2 Å². The highest BCUT2D eigenvalue weighted by Crippen LogP contribution is 2.26. The number of aromatic amines is 1. The molecule has 0 aromatic carbocycles. The molecule has 20 heavy (non-hydrogen) atoms. The van der Waals surface area contributed by atoms with Gasteiger partial charge in [0.2, 0.25) is 0 Å². The molecule has 1 saturated heterocycles. The van der Waals surface area contributed by atoms with Crippen molar-refractivity contribution in [2.24, 2.45) is 0 Å². The lowest BCUT2D eigenvalue weighted by atomic mass is 10.2. The van der Waals surface area contributed by atoms with Crippen LogP contribution in [0.1, 0.15) is 16.2 Å². The van der Waals surface area contributed by atoms with Crippen LogP contribution in [0.4, 0.5) is 13.2 Å². The lowest BCUT2D eigenvalue weighted by Crippen LogP contribution is -2.51. The number of carbonyl (C=O) groups is 1. The van der Waals surface area contributed by atoms with Crippen LogP contribution in [0.25, 0.3) is 0 Å². The van der Waals surface area contributed by atoms with Crippen molar-refractivity contribution in [1.29, 1.82) is 0 Å². The van der Waals surface area contributed by atoms with Gasteiger partial charge in [0.15, 0.2) is 6.10 Å². The monoisotopic (exact) mass is 291 g/mol. The Morgan fingerprint density at radius 1 is 1.55 bits per heavy atom. The standard InChI is InChI=1S/C11H12F3N3O3/c1-6-15-4-7(9(18)16-6)10(19)17-2-3-20-8(5-17)11(12,13)14/h4,8H,2-3,5H2,1H3,(H,15,16,18)/t8-/m0/s1. The number of H-pyrrole nitrogens is 1. The van der Waals surface area contributed by atoms with Crippen LogP contribution in [-0.2, 0) is 4.74 Å². The predicted molar refractivity (Wildman–Crippen MR) is 61.3 cm³/mol. The van der Waals surface area contributed by atoms with E-state index >= 15 is 0 Å². The van der Waals surface area contributed by atoms with Crippen LogP contribution in [0, 0.1) is 6.92 Å². The van der Waals surface area contributed by atoms with E-state index in [4.69, 9.17) is 0 Å². The molecular weight excluding hydrogens is 279 g/mol. The maximum Gasteiger partial charge on any atom is 0.416 e. The number of halogens is 3. The Hall–Kier alpha value is -1.90. The number of hydrogen-bond acceptors (Lipinski definition) is 4. The number of hydrogen-bond donors (Lipinski definition) is 1. The second-order valence-electron chi connectivity index (χ2n) is 4.36. The predicted octanol–water partition coefficient (Wildman–Crippen LogP) is 0.482. The van der Waals surface area contributed by atoms with Gasteiger partial charge in [0, 0.05) is 12.7 Å². The van der Waals surface area contributed by atoms with Crippen LogP contribution in [-0.4, -0.2) is 52.8 Å². The molecular formula is C11H12F3N3O3. The largest absolute Gasteiger partial charge is 0.416 e. The zero-order chi connectivity index (χ0) is 14.9. The Kier molecular flexibility index (Phi) is 3.80. The molecule has 2 rings (SSSR count). The van der Waals surface area contributed by atoms with Crippen LogP contribution >= 0.6 is 0 Å². The summed E-state index contributed by atoms with van der Waals surface area (Å²) in [5.41, 5.74) is -0.948. The summed E-state index contributed by atoms with van der Waals surface area (Å²) >= 11 is 0. The van der Waals surface area contributed by atoms with Gasteiger partial charge in [0.05, 0.1) is 13.2 Å². The molecule has 1 aromatic heterocycles. The number of ether oxygens (including phenoxy) is 1. The average Bonchev–Trinajstić information content (AvgIpc) is 2.37. The number of nitrogens with zero attached hydrogens (tertiary/aromatic N) is 2. The smallest absolute Gasteiger partial charge is 0.365 e. The van der Waals surface area contributed by atoms with Crippen molar-refractivity contribution in [3.05, 3.63) is 27.9 Å². The molecule has 1 amide bonds. The summed E-state index contributed by atoms with van der Waals surface area (Å²) in [6, 6.07) is 0. The minimum atomic E-state index is -4.54. The number of aromatic nitrogens is 2. The number of carbonyl (C=O) groups excluding carboxylic acids is 1. The van der Waals surface area contributed by atoms with Crippen LogP contribution < -0.4 is 5.56 Å². The molecule has 6 nitrogen and oxygen atoms in total. The molecule has 0 radical (unpaired) electrons. The van der Waals surface area contributed by atoms with Crippen LogP contribution in [0.3, 0.4) is 0 Å². The lowest BCUT2D eigenvalue weighted by Gasteiger charge is -2.33. The quantitative estimate of drug-likeness (QED) is 0.816. The first-order valence-corrected chi connectivity index (χ1v) is 5.82. The van der Waals surface area contributed by atoms with Crippen molar-refractivity contribution in [2.45, 2.75) is 19.2 Å². The summed E-state index contributed by atoms with van der Waals surface area (Å²) in [5, 5.41) is 0. The molecule has 1 fully saturated rings. The Morgan fingerprint density at radius 2 is 2.25 bits per heavy atom. The molecule has 0 bridgehead atoms.